The number of carbonyl (C=O) groups excluding carboxylic acids is 2. The van der Waals surface area contributed by atoms with E-state index >= 15 is 0 Å². The summed E-state index contributed by atoms with van der Waals surface area (Å²) in [5, 5.41) is 8.47. The SMILES string of the molecule is COc1ccccc1-n1cnnc1SCC(=O)NNC(=O)c1ccccc1. The molecule has 138 valence electrons. The Labute approximate surface area is 159 Å². The third-order valence-corrected chi connectivity index (χ3v) is 4.49. The predicted octanol–water partition coefficient (Wildman–Crippen LogP) is 1.83. The lowest BCUT2D eigenvalue weighted by molar-refractivity contribution is -0.119. The van der Waals surface area contributed by atoms with E-state index in [9.17, 15) is 9.59 Å². The summed E-state index contributed by atoms with van der Waals surface area (Å²) >= 11 is 1.19. The molecule has 0 unspecified atom stereocenters. The number of rotatable bonds is 6. The van der Waals surface area contributed by atoms with E-state index in [1.165, 1.54) is 11.8 Å². The molecule has 0 atom stereocenters. The van der Waals surface area contributed by atoms with Gasteiger partial charge in [-0.05, 0) is 24.3 Å². The van der Waals surface area contributed by atoms with Crippen molar-refractivity contribution in [2.24, 2.45) is 0 Å². The summed E-state index contributed by atoms with van der Waals surface area (Å²) in [5.74, 6) is -0.0214. The van der Waals surface area contributed by atoms with E-state index in [1.807, 2.05) is 30.3 Å². The minimum absolute atomic E-state index is 0.0584. The van der Waals surface area contributed by atoms with Crippen LogP contribution in [0.1, 0.15) is 10.4 Å². The lowest BCUT2D eigenvalue weighted by atomic mass is 10.2. The summed E-state index contributed by atoms with van der Waals surface area (Å²) in [6, 6.07) is 16.1. The van der Waals surface area contributed by atoms with Gasteiger partial charge in [0.2, 0.25) is 5.91 Å². The molecule has 0 radical (unpaired) electrons. The summed E-state index contributed by atoms with van der Waals surface area (Å²) in [6.45, 7) is 0. The highest BCUT2D eigenvalue weighted by Gasteiger charge is 2.13. The van der Waals surface area contributed by atoms with Crippen molar-refractivity contribution in [3.05, 3.63) is 66.5 Å². The number of amides is 2. The molecule has 3 rings (SSSR count). The van der Waals surface area contributed by atoms with Gasteiger partial charge in [0.1, 0.15) is 12.1 Å². The average Bonchev–Trinajstić information content (AvgIpc) is 3.19. The van der Waals surface area contributed by atoms with Gasteiger partial charge in [0.05, 0.1) is 18.6 Å². The van der Waals surface area contributed by atoms with Crippen LogP contribution in [0, 0.1) is 0 Å². The fourth-order valence-corrected chi connectivity index (χ4v) is 2.99. The molecule has 0 aliphatic heterocycles. The number of hydrogen-bond donors (Lipinski definition) is 2. The number of nitrogens with one attached hydrogen (secondary N) is 2. The van der Waals surface area contributed by atoms with E-state index in [2.05, 4.69) is 21.0 Å². The maximum absolute atomic E-state index is 12.0. The van der Waals surface area contributed by atoms with Gasteiger partial charge in [-0.2, -0.15) is 0 Å². The number of nitrogens with zero attached hydrogens (tertiary/aromatic N) is 3. The van der Waals surface area contributed by atoms with Gasteiger partial charge in [0.15, 0.2) is 5.16 Å². The second-order valence-electron chi connectivity index (χ2n) is 5.31. The van der Waals surface area contributed by atoms with E-state index in [-0.39, 0.29) is 17.6 Å². The lowest BCUT2D eigenvalue weighted by Crippen LogP contribution is -2.42. The van der Waals surface area contributed by atoms with Gasteiger partial charge >= 0.3 is 0 Å². The van der Waals surface area contributed by atoms with Gasteiger partial charge < -0.3 is 4.74 Å². The number of hydrazine groups is 1. The molecule has 0 saturated heterocycles. The number of hydrogen-bond acceptors (Lipinski definition) is 6. The van der Waals surface area contributed by atoms with Gasteiger partial charge in [-0.15, -0.1) is 10.2 Å². The molecule has 0 fully saturated rings. The van der Waals surface area contributed by atoms with Crippen LogP contribution in [-0.4, -0.2) is 39.4 Å². The monoisotopic (exact) mass is 383 g/mol. The smallest absolute Gasteiger partial charge is 0.269 e. The summed E-state index contributed by atoms with van der Waals surface area (Å²) in [4.78, 5) is 23.9. The topological polar surface area (TPSA) is 98.1 Å². The molecule has 0 saturated carbocycles. The number of ether oxygens (including phenoxy) is 1. The molecule has 0 spiro atoms. The Morgan fingerprint density at radius 1 is 1.07 bits per heavy atom. The minimum Gasteiger partial charge on any atom is -0.495 e. The van der Waals surface area contributed by atoms with Crippen molar-refractivity contribution in [1.29, 1.82) is 0 Å². The van der Waals surface area contributed by atoms with Crippen LogP contribution in [0.15, 0.2) is 66.1 Å². The summed E-state index contributed by atoms with van der Waals surface area (Å²) in [6.07, 6.45) is 1.55. The predicted molar refractivity (Wildman–Crippen MR) is 101 cm³/mol. The van der Waals surface area contributed by atoms with Crippen LogP contribution >= 0.6 is 11.8 Å². The first-order chi connectivity index (χ1) is 13.2. The normalized spacial score (nSPS) is 10.3. The van der Waals surface area contributed by atoms with E-state index in [4.69, 9.17) is 4.74 Å². The molecule has 3 aromatic rings. The molecular weight excluding hydrogens is 366 g/mol. The fraction of sp³-hybridized carbons (Fsp3) is 0.111. The number of benzene rings is 2. The van der Waals surface area contributed by atoms with Crippen LogP contribution in [0.5, 0.6) is 5.75 Å². The molecule has 2 N–H and O–H groups in total. The van der Waals surface area contributed by atoms with Crippen LogP contribution in [0.3, 0.4) is 0 Å². The Balaban J connectivity index is 1.57. The Morgan fingerprint density at radius 3 is 2.59 bits per heavy atom. The molecule has 1 aromatic heterocycles. The molecule has 0 bridgehead atoms. The molecule has 8 nitrogen and oxygen atoms in total. The number of aromatic nitrogens is 3. The second kappa shape index (κ2) is 8.86. The molecule has 27 heavy (non-hydrogen) atoms. The van der Waals surface area contributed by atoms with Gasteiger partial charge in [0.25, 0.3) is 5.91 Å². The molecule has 1 heterocycles. The fourth-order valence-electron chi connectivity index (χ4n) is 2.27. The quantitative estimate of drug-likeness (QED) is 0.498. The van der Waals surface area contributed by atoms with Gasteiger partial charge in [-0.25, -0.2) is 0 Å². The van der Waals surface area contributed by atoms with E-state index in [0.29, 0.717) is 16.5 Å². The Morgan fingerprint density at radius 2 is 1.81 bits per heavy atom. The number of para-hydroxylation sites is 2. The van der Waals surface area contributed by atoms with Crippen molar-refractivity contribution in [2.45, 2.75) is 5.16 Å². The van der Waals surface area contributed by atoms with Crippen LogP contribution < -0.4 is 15.6 Å². The molecule has 0 aliphatic rings. The molecule has 0 aliphatic carbocycles. The van der Waals surface area contributed by atoms with Gasteiger partial charge in [-0.3, -0.25) is 25.0 Å². The van der Waals surface area contributed by atoms with Crippen molar-refractivity contribution >= 4 is 23.6 Å². The van der Waals surface area contributed by atoms with E-state index in [1.54, 1.807) is 42.3 Å². The van der Waals surface area contributed by atoms with Crippen molar-refractivity contribution in [2.75, 3.05) is 12.9 Å². The van der Waals surface area contributed by atoms with Crippen molar-refractivity contribution in [3.8, 4) is 11.4 Å². The number of methoxy groups -OCH3 is 1. The number of carbonyl (C=O) groups is 2. The summed E-state index contributed by atoms with van der Waals surface area (Å²) in [7, 11) is 1.58. The van der Waals surface area contributed by atoms with Crippen LogP contribution in [-0.2, 0) is 4.79 Å². The number of thioether (sulfide) groups is 1. The molecule has 2 amide bonds. The molecule has 9 heteroatoms. The Bertz CT molecular complexity index is 930. The standard InChI is InChI=1S/C18H17N5O3S/c1-26-15-10-6-5-9-14(15)23-12-19-22-18(23)27-11-16(24)20-21-17(25)13-7-3-2-4-8-13/h2-10,12H,11H2,1H3,(H,20,24)(H,21,25). The Kier molecular flexibility index (Phi) is 6.06. The second-order valence-corrected chi connectivity index (χ2v) is 6.25. The zero-order chi connectivity index (χ0) is 19.1. The third-order valence-electron chi connectivity index (χ3n) is 3.54. The van der Waals surface area contributed by atoms with Crippen LogP contribution in [0.2, 0.25) is 0 Å². The zero-order valence-electron chi connectivity index (χ0n) is 14.5. The maximum atomic E-state index is 12.0. The molecular formula is C18H17N5O3S. The highest BCUT2D eigenvalue weighted by Crippen LogP contribution is 2.26. The van der Waals surface area contributed by atoms with Crippen molar-refractivity contribution in [1.82, 2.24) is 25.6 Å². The maximum Gasteiger partial charge on any atom is 0.269 e. The third kappa shape index (κ3) is 4.64. The zero-order valence-corrected chi connectivity index (χ0v) is 15.3. The summed E-state index contributed by atoms with van der Waals surface area (Å²) in [5.41, 5.74) is 5.99. The van der Waals surface area contributed by atoms with E-state index < -0.39 is 0 Å². The largest absolute Gasteiger partial charge is 0.495 e. The van der Waals surface area contributed by atoms with Crippen LogP contribution in [0.25, 0.3) is 5.69 Å². The average molecular weight is 383 g/mol. The van der Waals surface area contributed by atoms with Crippen molar-refractivity contribution in [3.63, 3.8) is 0 Å². The van der Waals surface area contributed by atoms with E-state index in [0.717, 1.165) is 5.69 Å². The van der Waals surface area contributed by atoms with Crippen LogP contribution in [0.4, 0.5) is 0 Å². The van der Waals surface area contributed by atoms with Crippen molar-refractivity contribution < 1.29 is 14.3 Å². The Hall–Kier alpha value is -3.33. The highest BCUT2D eigenvalue weighted by atomic mass is 32.2. The minimum atomic E-state index is -0.383. The molecule has 2 aromatic carbocycles. The van der Waals surface area contributed by atoms with Gasteiger partial charge in [-0.1, -0.05) is 42.1 Å². The first kappa shape index (κ1) is 18.5. The first-order valence-corrected chi connectivity index (χ1v) is 8.98. The lowest BCUT2D eigenvalue weighted by Gasteiger charge is -2.11. The first-order valence-electron chi connectivity index (χ1n) is 7.99. The highest BCUT2D eigenvalue weighted by molar-refractivity contribution is 7.99. The van der Waals surface area contributed by atoms with Gasteiger partial charge in [0, 0.05) is 5.56 Å². The summed E-state index contributed by atoms with van der Waals surface area (Å²) < 4.78 is 7.08.